The zero-order valence-electron chi connectivity index (χ0n) is 15.4. The summed E-state index contributed by atoms with van der Waals surface area (Å²) in [5.41, 5.74) is 10.9. The molecule has 0 radical (unpaired) electrons. The quantitative estimate of drug-likeness (QED) is 0.536. The molecule has 0 amide bonds. The number of hydrogen-bond donors (Lipinski definition) is 2. The first kappa shape index (κ1) is 17.8. The van der Waals surface area contributed by atoms with Gasteiger partial charge in [0.15, 0.2) is 0 Å². The van der Waals surface area contributed by atoms with Crippen LogP contribution in [0.15, 0.2) is 71.0 Å². The molecule has 0 saturated heterocycles. The highest BCUT2D eigenvalue weighted by atomic mass is 32.1. The fourth-order valence-electron chi connectivity index (χ4n) is 3.56. The van der Waals surface area contributed by atoms with E-state index in [1.807, 2.05) is 23.6 Å². The number of hydrogen-bond acceptors (Lipinski definition) is 4. The Morgan fingerprint density at radius 3 is 2.81 bits per heavy atom. The average molecular weight is 377 g/mol. The van der Waals surface area contributed by atoms with Crippen LogP contribution in [0.2, 0.25) is 0 Å². The van der Waals surface area contributed by atoms with Gasteiger partial charge in [0, 0.05) is 31.9 Å². The number of fused-ring (bicyclic) bond motifs is 1. The smallest absolute Gasteiger partial charge is 0.141 e. The number of thiophene rings is 1. The van der Waals surface area contributed by atoms with Crippen LogP contribution in [0.5, 0.6) is 0 Å². The van der Waals surface area contributed by atoms with Gasteiger partial charge < -0.3 is 16.0 Å². The number of aliphatic imine (C=N–C) groups is 1. The minimum Gasteiger partial charge on any atom is -0.383 e. The zero-order chi connectivity index (χ0) is 18.6. The van der Waals surface area contributed by atoms with Crippen molar-refractivity contribution in [2.75, 3.05) is 18.5 Å². The van der Waals surface area contributed by atoms with Crippen LogP contribution in [-0.2, 0) is 13.0 Å². The third-order valence-electron chi connectivity index (χ3n) is 4.90. The van der Waals surface area contributed by atoms with Gasteiger partial charge in [0.2, 0.25) is 0 Å². The maximum Gasteiger partial charge on any atom is 0.141 e. The molecule has 1 aromatic heterocycles. The fourth-order valence-corrected chi connectivity index (χ4v) is 4.18. The van der Waals surface area contributed by atoms with E-state index in [1.54, 1.807) is 11.3 Å². The Morgan fingerprint density at radius 1 is 1.19 bits per heavy atom. The Bertz CT molecular complexity index is 919. The first-order chi connectivity index (χ1) is 13.2. The van der Waals surface area contributed by atoms with Crippen molar-refractivity contribution in [2.24, 2.45) is 10.7 Å². The van der Waals surface area contributed by atoms with Crippen LogP contribution in [0.3, 0.4) is 0 Å². The van der Waals surface area contributed by atoms with Gasteiger partial charge in [-0.25, -0.2) is 4.99 Å². The average Bonchev–Trinajstić information content (AvgIpc) is 3.17. The van der Waals surface area contributed by atoms with Crippen LogP contribution >= 0.6 is 11.3 Å². The Kier molecular flexibility index (Phi) is 5.23. The molecule has 27 heavy (non-hydrogen) atoms. The molecule has 0 saturated carbocycles. The van der Waals surface area contributed by atoms with Crippen molar-refractivity contribution >= 4 is 28.5 Å². The summed E-state index contributed by atoms with van der Waals surface area (Å²) < 4.78 is 0. The van der Waals surface area contributed by atoms with E-state index in [4.69, 9.17) is 5.73 Å². The Hall–Kier alpha value is -2.63. The van der Waals surface area contributed by atoms with Gasteiger partial charge in [0.1, 0.15) is 5.84 Å². The predicted octanol–water partition coefficient (Wildman–Crippen LogP) is 3.94. The normalized spacial score (nSPS) is 17.4. The second-order valence-corrected chi connectivity index (χ2v) is 7.88. The van der Waals surface area contributed by atoms with Crippen molar-refractivity contribution in [3.05, 3.63) is 82.0 Å². The molecule has 138 valence electrons. The molecule has 1 aliphatic heterocycles. The molecule has 4 nitrogen and oxygen atoms in total. The molecule has 0 aliphatic carbocycles. The summed E-state index contributed by atoms with van der Waals surface area (Å²) in [4.78, 5) is 7.95. The lowest BCUT2D eigenvalue weighted by Crippen LogP contribution is -2.38. The van der Waals surface area contributed by atoms with Crippen molar-refractivity contribution in [3.8, 4) is 0 Å². The van der Waals surface area contributed by atoms with Gasteiger partial charge in [-0.15, -0.1) is 11.3 Å². The van der Waals surface area contributed by atoms with Gasteiger partial charge >= 0.3 is 0 Å². The van der Waals surface area contributed by atoms with Gasteiger partial charge in [0.05, 0.1) is 10.6 Å². The molecule has 3 N–H and O–H groups in total. The molecule has 3 aromatic rings. The first-order valence-corrected chi connectivity index (χ1v) is 10.1. The van der Waals surface area contributed by atoms with Crippen molar-refractivity contribution in [3.63, 3.8) is 0 Å². The number of nitrogens with one attached hydrogen (secondary N) is 1. The molecule has 1 unspecified atom stereocenters. The lowest BCUT2D eigenvalue weighted by atomic mass is 10.1. The summed E-state index contributed by atoms with van der Waals surface area (Å²) in [6, 6.07) is 21.4. The van der Waals surface area contributed by atoms with Gasteiger partial charge in [0.25, 0.3) is 0 Å². The Balaban J connectivity index is 1.53. The summed E-state index contributed by atoms with van der Waals surface area (Å²) in [6.07, 6.45) is 1.02. The molecule has 5 heteroatoms. The lowest BCUT2D eigenvalue weighted by Gasteiger charge is -2.23. The van der Waals surface area contributed by atoms with Gasteiger partial charge in [-0.2, -0.15) is 0 Å². The van der Waals surface area contributed by atoms with Crippen LogP contribution in [-0.4, -0.2) is 25.5 Å². The van der Waals surface area contributed by atoms with E-state index in [1.165, 1.54) is 16.8 Å². The zero-order valence-corrected chi connectivity index (χ0v) is 16.2. The van der Waals surface area contributed by atoms with Gasteiger partial charge in [-0.05, 0) is 47.2 Å². The Labute approximate surface area is 164 Å². The van der Waals surface area contributed by atoms with E-state index in [0.29, 0.717) is 11.9 Å². The number of nitrogens with two attached hydrogens (primary N) is 1. The van der Waals surface area contributed by atoms with E-state index in [-0.39, 0.29) is 0 Å². The van der Waals surface area contributed by atoms with Gasteiger partial charge in [-0.3, -0.25) is 0 Å². The largest absolute Gasteiger partial charge is 0.383 e. The number of likely N-dealkylation sites (N-methyl/N-ethyl adjacent to an activating group) is 1. The summed E-state index contributed by atoms with van der Waals surface area (Å²) in [7, 11) is 2.16. The van der Waals surface area contributed by atoms with E-state index in [2.05, 4.69) is 64.7 Å². The monoisotopic (exact) mass is 376 g/mol. The molecule has 0 spiro atoms. The van der Waals surface area contributed by atoms with E-state index >= 15 is 0 Å². The van der Waals surface area contributed by atoms with E-state index in [9.17, 15) is 0 Å². The molecular weight excluding hydrogens is 352 g/mol. The predicted molar refractivity (Wildman–Crippen MR) is 115 cm³/mol. The topological polar surface area (TPSA) is 53.6 Å². The SMILES string of the molecule is CN1CC(Cc2ccccc2)NCc2cc(N=C(N)c3cccs3)ccc21. The highest BCUT2D eigenvalue weighted by Gasteiger charge is 2.19. The summed E-state index contributed by atoms with van der Waals surface area (Å²) >= 11 is 1.61. The second kappa shape index (κ2) is 7.94. The van der Waals surface area contributed by atoms with Crippen molar-refractivity contribution in [2.45, 2.75) is 19.0 Å². The number of nitrogens with zero attached hydrogens (tertiary/aromatic N) is 2. The van der Waals surface area contributed by atoms with Crippen molar-refractivity contribution in [1.29, 1.82) is 0 Å². The summed E-state index contributed by atoms with van der Waals surface area (Å²) in [5.74, 6) is 0.571. The van der Waals surface area contributed by atoms with Crippen LogP contribution < -0.4 is 16.0 Å². The molecule has 0 bridgehead atoms. The number of anilines is 1. The second-order valence-electron chi connectivity index (χ2n) is 6.94. The highest BCUT2D eigenvalue weighted by Crippen LogP contribution is 2.28. The minimum absolute atomic E-state index is 0.410. The molecule has 2 aromatic carbocycles. The molecule has 1 aliphatic rings. The summed E-state index contributed by atoms with van der Waals surface area (Å²) in [5, 5.41) is 5.72. The van der Waals surface area contributed by atoms with Crippen LogP contribution in [0.25, 0.3) is 0 Å². The van der Waals surface area contributed by atoms with Crippen molar-refractivity contribution < 1.29 is 0 Å². The fraction of sp³-hybridized carbons (Fsp3) is 0.227. The number of rotatable bonds is 4. The third kappa shape index (κ3) is 4.21. The molecule has 2 heterocycles. The maximum atomic E-state index is 6.15. The summed E-state index contributed by atoms with van der Waals surface area (Å²) in [6.45, 7) is 1.81. The van der Waals surface area contributed by atoms with Crippen LogP contribution in [0.1, 0.15) is 16.0 Å². The van der Waals surface area contributed by atoms with Crippen LogP contribution in [0, 0.1) is 0 Å². The number of benzene rings is 2. The maximum absolute atomic E-state index is 6.15. The first-order valence-electron chi connectivity index (χ1n) is 9.18. The highest BCUT2D eigenvalue weighted by molar-refractivity contribution is 7.12. The Morgan fingerprint density at radius 2 is 2.04 bits per heavy atom. The van der Waals surface area contributed by atoms with Crippen molar-refractivity contribution in [1.82, 2.24) is 5.32 Å². The van der Waals surface area contributed by atoms with Gasteiger partial charge in [-0.1, -0.05) is 36.4 Å². The van der Waals surface area contributed by atoms with E-state index < -0.39 is 0 Å². The third-order valence-corrected chi connectivity index (χ3v) is 5.79. The standard InChI is InChI=1S/C22H24N4S/c1-26-15-19(12-16-6-3-2-4-7-16)24-14-17-13-18(9-10-20(17)26)25-22(23)21-8-5-11-27-21/h2-11,13,19,24H,12,14-15H2,1H3,(H2,23,25). The van der Waals surface area contributed by atoms with Crippen LogP contribution in [0.4, 0.5) is 11.4 Å². The number of amidine groups is 1. The molecule has 1 atom stereocenters. The molecule has 4 rings (SSSR count). The van der Waals surface area contributed by atoms with E-state index in [0.717, 1.165) is 30.1 Å². The minimum atomic E-state index is 0.410. The molecular formula is C22H24N4S. The molecule has 0 fully saturated rings. The lowest BCUT2D eigenvalue weighted by molar-refractivity contribution is 0.521.